The van der Waals surface area contributed by atoms with Crippen molar-refractivity contribution in [2.24, 2.45) is 0 Å². The summed E-state index contributed by atoms with van der Waals surface area (Å²) >= 11 is 4.75. The zero-order valence-corrected chi connectivity index (χ0v) is 19.6. The predicted molar refractivity (Wildman–Crippen MR) is 130 cm³/mol. The molecule has 0 aliphatic carbocycles. The van der Waals surface area contributed by atoms with E-state index in [1.807, 2.05) is 29.6 Å². The van der Waals surface area contributed by atoms with Crippen molar-refractivity contribution in [3.8, 4) is 34.1 Å². The number of thiophene rings is 1. The molecule has 1 unspecified atom stereocenters. The number of benzene rings is 2. The Labute approximate surface area is 194 Å². The Morgan fingerprint density at radius 1 is 1.10 bits per heavy atom. The lowest BCUT2D eigenvalue weighted by Crippen LogP contribution is -2.31. The van der Waals surface area contributed by atoms with Crippen LogP contribution >= 0.6 is 23.6 Å². The lowest BCUT2D eigenvalue weighted by Gasteiger charge is -2.16. The molecule has 3 rings (SSSR count). The molecule has 0 radical (unpaired) electrons. The van der Waals surface area contributed by atoms with Crippen molar-refractivity contribution in [1.82, 2.24) is 10.0 Å². The normalized spacial score (nSPS) is 12.0. The minimum absolute atomic E-state index is 0.215. The average Bonchev–Trinajstić information content (AvgIpc) is 3.23. The van der Waals surface area contributed by atoms with Crippen LogP contribution < -0.4 is 14.8 Å². The maximum Gasteiger partial charge on any atom is 0.235 e. The van der Waals surface area contributed by atoms with Crippen molar-refractivity contribution in [3.63, 3.8) is 0 Å². The van der Waals surface area contributed by atoms with Crippen LogP contribution in [0.4, 0.5) is 0 Å². The van der Waals surface area contributed by atoms with Gasteiger partial charge < -0.3 is 24.8 Å². The third kappa shape index (κ3) is 5.90. The minimum atomic E-state index is -1.39. The van der Waals surface area contributed by atoms with E-state index in [4.69, 9.17) is 17.0 Å². The zero-order chi connectivity index (χ0) is 22.4. The van der Waals surface area contributed by atoms with E-state index < -0.39 is 11.4 Å². The van der Waals surface area contributed by atoms with E-state index in [-0.39, 0.29) is 11.5 Å². The van der Waals surface area contributed by atoms with Gasteiger partial charge in [-0.2, -0.15) is 0 Å². The number of phenols is 2. The summed E-state index contributed by atoms with van der Waals surface area (Å²) in [6.45, 7) is 5.29. The molecule has 2 aromatic carbocycles. The summed E-state index contributed by atoms with van der Waals surface area (Å²) < 4.78 is 22.6. The predicted octanol–water partition coefficient (Wildman–Crippen LogP) is 4.90. The van der Waals surface area contributed by atoms with Gasteiger partial charge in [-0.05, 0) is 47.2 Å². The second-order valence-electron chi connectivity index (χ2n) is 7.02. The molecule has 0 saturated heterocycles. The molecule has 4 N–H and O–H groups in total. The molecule has 3 aromatic rings. The van der Waals surface area contributed by atoms with Crippen molar-refractivity contribution in [1.29, 1.82) is 0 Å². The van der Waals surface area contributed by atoms with Gasteiger partial charge in [0.2, 0.25) is 4.21 Å². The first-order valence-electron chi connectivity index (χ1n) is 9.64. The Hall–Kier alpha value is -2.30. The van der Waals surface area contributed by atoms with Crippen molar-refractivity contribution in [3.05, 3.63) is 53.4 Å². The average molecular weight is 477 g/mol. The van der Waals surface area contributed by atoms with Crippen molar-refractivity contribution in [2.75, 3.05) is 13.1 Å². The van der Waals surface area contributed by atoms with Crippen molar-refractivity contribution >= 4 is 40.4 Å². The van der Waals surface area contributed by atoms with Gasteiger partial charge in [-0.25, -0.2) is 0 Å². The van der Waals surface area contributed by atoms with Gasteiger partial charge >= 0.3 is 0 Å². The van der Waals surface area contributed by atoms with Gasteiger partial charge in [0, 0.05) is 18.2 Å². The Morgan fingerprint density at radius 2 is 1.90 bits per heavy atom. The summed E-state index contributed by atoms with van der Waals surface area (Å²) in [5.41, 5.74) is 4.18. The topological polar surface area (TPSA) is 96.8 Å². The molecular weight excluding hydrogens is 452 g/mol. The molecule has 1 atom stereocenters. The first-order valence-corrected chi connectivity index (χ1v) is 12.1. The molecule has 31 heavy (non-hydrogen) atoms. The van der Waals surface area contributed by atoms with Gasteiger partial charge in [-0.1, -0.05) is 43.5 Å². The second kappa shape index (κ2) is 10.8. The SMILES string of the molecule is CC(C)c1ccc(Oc2ccc(O)c(O)c2)c(-c2ccsc2[S+]([O-])NCCNC=S)c1. The van der Waals surface area contributed by atoms with Crippen LogP contribution in [0.15, 0.2) is 52.1 Å². The van der Waals surface area contributed by atoms with Crippen molar-refractivity contribution < 1.29 is 19.5 Å². The number of nitrogens with one attached hydrogen (secondary N) is 2. The van der Waals surface area contributed by atoms with Crippen LogP contribution in [0, 0.1) is 0 Å². The molecule has 0 amide bonds. The molecule has 0 fully saturated rings. The minimum Gasteiger partial charge on any atom is -0.592 e. The van der Waals surface area contributed by atoms with Gasteiger partial charge in [0.15, 0.2) is 11.5 Å². The number of hydrogen-bond acceptors (Lipinski definition) is 7. The maximum atomic E-state index is 12.9. The molecule has 0 bridgehead atoms. The molecule has 9 heteroatoms. The smallest absolute Gasteiger partial charge is 0.235 e. The number of rotatable bonds is 10. The monoisotopic (exact) mass is 476 g/mol. The van der Waals surface area contributed by atoms with Crippen LogP contribution in [0.3, 0.4) is 0 Å². The Kier molecular flexibility index (Phi) is 8.16. The van der Waals surface area contributed by atoms with E-state index >= 15 is 0 Å². The fraction of sp³-hybridized carbons (Fsp3) is 0.227. The molecule has 1 aromatic heterocycles. The van der Waals surface area contributed by atoms with Crippen LogP contribution in [0.25, 0.3) is 11.1 Å². The fourth-order valence-corrected chi connectivity index (χ4v) is 5.12. The summed E-state index contributed by atoms with van der Waals surface area (Å²) in [4.78, 5) is 0. The van der Waals surface area contributed by atoms with Crippen LogP contribution in [0.5, 0.6) is 23.0 Å². The lowest BCUT2D eigenvalue weighted by molar-refractivity contribution is 0.398. The number of phenolic OH excluding ortho intramolecular Hbond substituents is 2. The Balaban J connectivity index is 1.95. The van der Waals surface area contributed by atoms with E-state index in [9.17, 15) is 14.8 Å². The standard InChI is InChI=1S/C22H24N2O4S3/c1-14(2)15-3-6-21(28-16-4-5-19(25)20(26)12-16)18(11-15)17-7-10-30-22(17)31(27)24-9-8-23-13-29/h3-7,10-14,24-26H,8-9H2,1-2H3,(H,23,29). The van der Waals surface area contributed by atoms with Gasteiger partial charge in [0.05, 0.1) is 29.0 Å². The number of aromatic hydroxyl groups is 2. The van der Waals surface area contributed by atoms with E-state index in [1.54, 1.807) is 6.07 Å². The molecule has 0 aliphatic rings. The number of thiocarbonyl (C=S) groups is 1. The molecular formula is C22H24N2O4S3. The zero-order valence-electron chi connectivity index (χ0n) is 17.1. The van der Waals surface area contributed by atoms with Crippen LogP contribution in [0.2, 0.25) is 0 Å². The van der Waals surface area contributed by atoms with Gasteiger partial charge in [0.25, 0.3) is 0 Å². The van der Waals surface area contributed by atoms with Crippen LogP contribution in [-0.2, 0) is 11.4 Å². The molecule has 164 valence electrons. The summed E-state index contributed by atoms with van der Waals surface area (Å²) in [6, 6.07) is 12.1. The third-order valence-corrected chi connectivity index (χ3v) is 7.16. The van der Waals surface area contributed by atoms with E-state index in [1.165, 1.54) is 29.0 Å². The highest BCUT2D eigenvalue weighted by Gasteiger charge is 2.23. The van der Waals surface area contributed by atoms with Crippen LogP contribution in [0.1, 0.15) is 25.3 Å². The third-order valence-electron chi connectivity index (χ3n) is 4.52. The summed E-state index contributed by atoms with van der Waals surface area (Å²) in [5.74, 6) is 0.776. The van der Waals surface area contributed by atoms with Gasteiger partial charge in [-0.3, -0.25) is 0 Å². The first kappa shape index (κ1) is 23.4. The van der Waals surface area contributed by atoms with E-state index in [2.05, 4.69) is 23.9 Å². The van der Waals surface area contributed by atoms with Gasteiger partial charge in [0.1, 0.15) is 11.5 Å². The maximum absolute atomic E-state index is 12.9. The highest BCUT2D eigenvalue weighted by Crippen LogP contribution is 2.41. The molecule has 0 spiro atoms. The highest BCUT2D eigenvalue weighted by molar-refractivity contribution is 7.91. The molecule has 1 heterocycles. The number of hydrogen-bond donors (Lipinski definition) is 4. The fourth-order valence-electron chi connectivity index (χ4n) is 2.88. The molecule has 0 aliphatic heterocycles. The summed E-state index contributed by atoms with van der Waals surface area (Å²) in [5, 5.41) is 24.2. The summed E-state index contributed by atoms with van der Waals surface area (Å²) in [6.07, 6.45) is 0. The number of ether oxygens (including phenoxy) is 1. The highest BCUT2D eigenvalue weighted by atomic mass is 32.2. The molecule has 0 saturated carbocycles. The first-order chi connectivity index (χ1) is 14.9. The second-order valence-corrected chi connectivity index (χ2v) is 9.66. The van der Waals surface area contributed by atoms with E-state index in [0.717, 1.165) is 16.7 Å². The lowest BCUT2D eigenvalue weighted by atomic mass is 9.98. The summed E-state index contributed by atoms with van der Waals surface area (Å²) in [7, 11) is 0. The van der Waals surface area contributed by atoms with Crippen molar-refractivity contribution in [2.45, 2.75) is 24.0 Å². The largest absolute Gasteiger partial charge is 0.592 e. The van der Waals surface area contributed by atoms with E-state index in [0.29, 0.717) is 34.7 Å². The quantitative estimate of drug-likeness (QED) is 0.143. The molecule has 6 nitrogen and oxygen atoms in total. The van der Waals surface area contributed by atoms with Gasteiger partial charge in [-0.15, -0.1) is 4.72 Å². The Bertz CT molecular complexity index is 1040. The van der Waals surface area contributed by atoms with Crippen LogP contribution in [-0.4, -0.2) is 33.3 Å². The Morgan fingerprint density at radius 3 is 2.61 bits per heavy atom.